The van der Waals surface area contributed by atoms with E-state index in [2.05, 4.69) is 25.9 Å². The van der Waals surface area contributed by atoms with Gasteiger partial charge in [0.05, 0.1) is 11.1 Å². The zero-order valence-corrected chi connectivity index (χ0v) is 10.5. The number of hydrogen-bond acceptors (Lipinski definition) is 5. The first-order valence-electron chi connectivity index (χ1n) is 5.13. The number of esters is 1. The van der Waals surface area contributed by atoms with E-state index >= 15 is 0 Å². The van der Waals surface area contributed by atoms with Crippen LogP contribution in [-0.4, -0.2) is 22.5 Å². The first kappa shape index (κ1) is 11.3. The highest BCUT2D eigenvalue weighted by Gasteiger charge is 2.29. The smallest absolute Gasteiger partial charge is 0.358 e. The van der Waals surface area contributed by atoms with Crippen molar-refractivity contribution in [2.75, 3.05) is 12.3 Å². The molecule has 0 spiro atoms. The van der Waals surface area contributed by atoms with Gasteiger partial charge in [0.25, 0.3) is 0 Å². The molecule has 1 saturated carbocycles. The molecular formula is C10H12BrN3O2. The molecule has 1 aromatic heterocycles. The summed E-state index contributed by atoms with van der Waals surface area (Å²) in [5, 5.41) is 0. The summed E-state index contributed by atoms with van der Waals surface area (Å²) in [6.07, 6.45) is 2.12. The van der Waals surface area contributed by atoms with Gasteiger partial charge in [-0.15, -0.1) is 0 Å². The summed E-state index contributed by atoms with van der Waals surface area (Å²) in [5.41, 5.74) is 5.93. The van der Waals surface area contributed by atoms with Crippen LogP contribution in [0.15, 0.2) is 4.47 Å². The van der Waals surface area contributed by atoms with Crippen LogP contribution < -0.4 is 5.73 Å². The predicted octanol–water partition coefficient (Wildman–Crippen LogP) is 1.88. The molecule has 86 valence electrons. The number of carbonyl (C=O) groups is 1. The maximum atomic E-state index is 11.6. The molecule has 0 atom stereocenters. The van der Waals surface area contributed by atoms with Crippen LogP contribution in [0.5, 0.6) is 0 Å². The van der Waals surface area contributed by atoms with E-state index in [0.29, 0.717) is 28.6 Å². The number of nitrogens with zero attached hydrogens (tertiary/aromatic N) is 2. The number of nitrogens with two attached hydrogens (primary N) is 1. The Balaban J connectivity index is 2.37. The molecule has 0 bridgehead atoms. The summed E-state index contributed by atoms with van der Waals surface area (Å²) < 4.78 is 5.32. The third-order valence-corrected chi connectivity index (χ3v) is 3.09. The Morgan fingerprint density at radius 1 is 1.56 bits per heavy atom. The van der Waals surface area contributed by atoms with Gasteiger partial charge in [-0.05, 0) is 35.7 Å². The average Bonchev–Trinajstić information content (AvgIpc) is 3.05. The Kier molecular flexibility index (Phi) is 3.09. The standard InChI is InChI=1S/C10H12BrN3O2/c1-2-16-10(15)7-6(11)8(12)14-9(13-7)5-3-4-5/h5H,2-4H2,1H3,(H2,12,13,14). The minimum atomic E-state index is -0.467. The summed E-state index contributed by atoms with van der Waals surface area (Å²) >= 11 is 3.20. The lowest BCUT2D eigenvalue weighted by atomic mass is 10.3. The third kappa shape index (κ3) is 2.16. The zero-order chi connectivity index (χ0) is 11.7. The second-order valence-corrected chi connectivity index (χ2v) is 4.42. The quantitative estimate of drug-likeness (QED) is 0.858. The molecule has 2 N–H and O–H groups in total. The van der Waals surface area contributed by atoms with Gasteiger partial charge in [-0.3, -0.25) is 0 Å². The van der Waals surface area contributed by atoms with Gasteiger partial charge in [0.2, 0.25) is 0 Å². The van der Waals surface area contributed by atoms with Crippen LogP contribution in [0.3, 0.4) is 0 Å². The Morgan fingerprint density at radius 3 is 2.81 bits per heavy atom. The molecule has 0 unspecified atom stereocenters. The number of anilines is 1. The van der Waals surface area contributed by atoms with Crippen molar-refractivity contribution in [2.24, 2.45) is 0 Å². The van der Waals surface area contributed by atoms with Crippen molar-refractivity contribution in [3.05, 3.63) is 16.0 Å². The van der Waals surface area contributed by atoms with Crippen molar-refractivity contribution >= 4 is 27.7 Å². The lowest BCUT2D eigenvalue weighted by molar-refractivity contribution is 0.0517. The van der Waals surface area contributed by atoms with E-state index in [-0.39, 0.29) is 5.69 Å². The molecule has 16 heavy (non-hydrogen) atoms. The van der Waals surface area contributed by atoms with Gasteiger partial charge in [0.1, 0.15) is 11.6 Å². The number of halogens is 1. The van der Waals surface area contributed by atoms with Gasteiger partial charge in [0.15, 0.2) is 5.69 Å². The normalized spacial score (nSPS) is 14.9. The number of rotatable bonds is 3. The fraction of sp³-hybridized carbons (Fsp3) is 0.500. The van der Waals surface area contributed by atoms with Crippen LogP contribution in [0, 0.1) is 0 Å². The molecular weight excluding hydrogens is 274 g/mol. The maximum Gasteiger partial charge on any atom is 0.358 e. The molecule has 2 rings (SSSR count). The fourth-order valence-corrected chi connectivity index (χ4v) is 1.68. The van der Waals surface area contributed by atoms with Crippen molar-refractivity contribution in [2.45, 2.75) is 25.7 Å². The average molecular weight is 286 g/mol. The van der Waals surface area contributed by atoms with E-state index < -0.39 is 5.97 Å². The van der Waals surface area contributed by atoms with E-state index in [1.54, 1.807) is 6.92 Å². The van der Waals surface area contributed by atoms with Crippen LogP contribution in [0.2, 0.25) is 0 Å². The molecule has 0 amide bonds. The third-order valence-electron chi connectivity index (χ3n) is 2.31. The van der Waals surface area contributed by atoms with E-state index in [1.807, 2.05) is 0 Å². The summed E-state index contributed by atoms with van der Waals surface area (Å²) in [7, 11) is 0. The monoisotopic (exact) mass is 285 g/mol. The van der Waals surface area contributed by atoms with Crippen molar-refractivity contribution < 1.29 is 9.53 Å². The molecule has 0 aromatic carbocycles. The number of hydrogen-bond donors (Lipinski definition) is 1. The van der Waals surface area contributed by atoms with Crippen LogP contribution >= 0.6 is 15.9 Å². The minimum absolute atomic E-state index is 0.219. The first-order valence-corrected chi connectivity index (χ1v) is 5.92. The van der Waals surface area contributed by atoms with Gasteiger partial charge < -0.3 is 10.5 Å². The number of carbonyl (C=O) groups excluding carboxylic acids is 1. The Bertz CT molecular complexity index is 432. The second-order valence-electron chi connectivity index (χ2n) is 3.62. The molecule has 1 aromatic rings. The van der Waals surface area contributed by atoms with E-state index in [4.69, 9.17) is 10.5 Å². The summed E-state index contributed by atoms with van der Waals surface area (Å²) in [6, 6.07) is 0. The first-order chi connectivity index (χ1) is 7.63. The minimum Gasteiger partial charge on any atom is -0.461 e. The number of aromatic nitrogens is 2. The highest BCUT2D eigenvalue weighted by molar-refractivity contribution is 9.10. The summed E-state index contributed by atoms with van der Waals surface area (Å²) in [5.74, 6) is 0.817. The van der Waals surface area contributed by atoms with Crippen molar-refractivity contribution in [1.29, 1.82) is 0 Å². The SMILES string of the molecule is CCOC(=O)c1nc(C2CC2)nc(N)c1Br. The van der Waals surface area contributed by atoms with Gasteiger partial charge >= 0.3 is 5.97 Å². The molecule has 5 nitrogen and oxygen atoms in total. The zero-order valence-electron chi connectivity index (χ0n) is 8.86. The molecule has 1 fully saturated rings. The maximum absolute atomic E-state index is 11.6. The van der Waals surface area contributed by atoms with Gasteiger partial charge in [-0.25, -0.2) is 14.8 Å². The van der Waals surface area contributed by atoms with Gasteiger partial charge in [-0.2, -0.15) is 0 Å². The number of ether oxygens (including phenoxy) is 1. The molecule has 0 aliphatic heterocycles. The fourth-order valence-electron chi connectivity index (χ4n) is 1.34. The lowest BCUT2D eigenvalue weighted by Gasteiger charge is -2.07. The second kappa shape index (κ2) is 4.37. The number of nitrogen functional groups attached to an aromatic ring is 1. The molecule has 0 radical (unpaired) electrons. The largest absolute Gasteiger partial charge is 0.461 e. The molecule has 6 heteroatoms. The molecule has 1 heterocycles. The van der Waals surface area contributed by atoms with Crippen molar-refractivity contribution in [3.8, 4) is 0 Å². The van der Waals surface area contributed by atoms with Crippen LogP contribution in [0.4, 0.5) is 5.82 Å². The van der Waals surface area contributed by atoms with Gasteiger partial charge in [0, 0.05) is 5.92 Å². The van der Waals surface area contributed by atoms with E-state index in [1.165, 1.54) is 0 Å². The van der Waals surface area contributed by atoms with E-state index in [0.717, 1.165) is 12.8 Å². The van der Waals surface area contributed by atoms with Crippen LogP contribution in [-0.2, 0) is 4.74 Å². The van der Waals surface area contributed by atoms with Crippen molar-refractivity contribution in [3.63, 3.8) is 0 Å². The lowest BCUT2D eigenvalue weighted by Crippen LogP contribution is -2.12. The van der Waals surface area contributed by atoms with Crippen molar-refractivity contribution in [1.82, 2.24) is 9.97 Å². The highest BCUT2D eigenvalue weighted by Crippen LogP contribution is 2.39. The van der Waals surface area contributed by atoms with E-state index in [9.17, 15) is 4.79 Å². The Morgan fingerprint density at radius 2 is 2.25 bits per heavy atom. The van der Waals surface area contributed by atoms with Crippen LogP contribution in [0.1, 0.15) is 42.0 Å². The molecule has 1 aliphatic rings. The molecule has 0 saturated heterocycles. The summed E-state index contributed by atoms with van der Waals surface area (Å²) in [6.45, 7) is 2.06. The van der Waals surface area contributed by atoms with Crippen LogP contribution in [0.25, 0.3) is 0 Å². The Hall–Kier alpha value is -1.17. The predicted molar refractivity (Wildman–Crippen MR) is 62.1 cm³/mol. The Labute approximate surface area is 102 Å². The summed E-state index contributed by atoms with van der Waals surface area (Å²) in [4.78, 5) is 20.0. The highest BCUT2D eigenvalue weighted by atomic mass is 79.9. The topological polar surface area (TPSA) is 78.1 Å². The van der Waals surface area contributed by atoms with Gasteiger partial charge in [-0.1, -0.05) is 0 Å². The molecule has 1 aliphatic carbocycles.